The molecule has 0 unspecified atom stereocenters. The van der Waals surface area contributed by atoms with E-state index in [1.807, 2.05) is 18.2 Å². The lowest BCUT2D eigenvalue weighted by atomic mass is 10.1. The van der Waals surface area contributed by atoms with Crippen LogP contribution in [0.2, 0.25) is 0 Å². The van der Waals surface area contributed by atoms with E-state index >= 15 is 0 Å². The number of carbonyl (C=O) groups is 1. The summed E-state index contributed by atoms with van der Waals surface area (Å²) in [7, 11) is 5.72. The minimum absolute atomic E-state index is 0.617. The van der Waals surface area contributed by atoms with E-state index in [4.69, 9.17) is 4.74 Å². The van der Waals surface area contributed by atoms with Gasteiger partial charge in [-0.25, -0.2) is 0 Å². The van der Waals surface area contributed by atoms with Crippen LogP contribution in [-0.4, -0.2) is 27.5 Å². The van der Waals surface area contributed by atoms with Gasteiger partial charge in [0.1, 0.15) is 12.3 Å². The second-order valence-corrected chi connectivity index (χ2v) is 3.58. The summed E-state index contributed by atoms with van der Waals surface area (Å²) in [5.41, 5.74) is 1.76. The van der Waals surface area contributed by atoms with Gasteiger partial charge in [-0.3, -0.25) is 4.79 Å². The van der Waals surface area contributed by atoms with Crippen LogP contribution in [0.15, 0.2) is 18.2 Å². The van der Waals surface area contributed by atoms with Crippen LogP contribution in [0.3, 0.4) is 0 Å². The number of ether oxygens (including phenoxy) is 1. The Kier molecular flexibility index (Phi) is 3.65. The summed E-state index contributed by atoms with van der Waals surface area (Å²) >= 11 is 0. The summed E-state index contributed by atoms with van der Waals surface area (Å²) in [6, 6.07) is 5.69. The second-order valence-electron chi connectivity index (χ2n) is 3.58. The van der Waals surface area contributed by atoms with Crippen LogP contribution >= 0.6 is 0 Å². The molecule has 0 aliphatic heterocycles. The maximum absolute atomic E-state index is 10.7. The molecule has 76 valence electrons. The average Bonchev–Trinajstić information content (AvgIpc) is 2.16. The first-order valence-electron chi connectivity index (χ1n) is 4.58. The van der Waals surface area contributed by atoms with Crippen LogP contribution < -0.4 is 9.64 Å². The van der Waals surface area contributed by atoms with Gasteiger partial charge in [0.25, 0.3) is 0 Å². The highest BCUT2D eigenvalue weighted by molar-refractivity contribution is 5.79. The van der Waals surface area contributed by atoms with Crippen molar-refractivity contribution in [2.24, 2.45) is 0 Å². The zero-order valence-corrected chi connectivity index (χ0v) is 8.83. The van der Waals surface area contributed by atoms with Gasteiger partial charge in [0, 0.05) is 5.56 Å². The zero-order valence-electron chi connectivity index (χ0n) is 8.83. The van der Waals surface area contributed by atoms with Crippen LogP contribution in [0.25, 0.3) is 0 Å². The van der Waals surface area contributed by atoms with Gasteiger partial charge in [0.15, 0.2) is 6.29 Å². The summed E-state index contributed by atoms with van der Waals surface area (Å²) in [6.07, 6.45) is 0.827. The van der Waals surface area contributed by atoms with Gasteiger partial charge in [-0.1, -0.05) is 0 Å². The Morgan fingerprint density at radius 3 is 2.64 bits per heavy atom. The lowest BCUT2D eigenvalue weighted by Crippen LogP contribution is -3.04. The topological polar surface area (TPSA) is 30.7 Å². The average molecular weight is 194 g/mol. The van der Waals surface area contributed by atoms with E-state index in [-0.39, 0.29) is 0 Å². The van der Waals surface area contributed by atoms with Crippen LogP contribution in [0.4, 0.5) is 0 Å². The lowest BCUT2D eigenvalue weighted by Gasteiger charge is -2.09. The fourth-order valence-corrected chi connectivity index (χ4v) is 1.39. The van der Waals surface area contributed by atoms with Crippen molar-refractivity contribution in [2.45, 2.75) is 6.54 Å². The maximum Gasteiger partial charge on any atom is 0.153 e. The monoisotopic (exact) mass is 194 g/mol. The standard InChI is InChI=1S/C11H15NO2/c1-12(2)7-9-4-5-11(14-3)10(6-9)8-13/h4-6,8H,7H2,1-3H3/p+1. The highest BCUT2D eigenvalue weighted by Crippen LogP contribution is 2.17. The van der Waals surface area contributed by atoms with E-state index < -0.39 is 0 Å². The van der Waals surface area contributed by atoms with Crippen molar-refractivity contribution in [1.29, 1.82) is 0 Å². The summed E-state index contributed by atoms with van der Waals surface area (Å²) < 4.78 is 5.06. The van der Waals surface area contributed by atoms with Crippen LogP contribution in [-0.2, 0) is 6.54 Å². The zero-order chi connectivity index (χ0) is 10.6. The van der Waals surface area contributed by atoms with E-state index in [2.05, 4.69) is 14.1 Å². The van der Waals surface area contributed by atoms with Crippen LogP contribution in [0, 0.1) is 0 Å². The third-order valence-corrected chi connectivity index (χ3v) is 1.98. The van der Waals surface area contributed by atoms with Crippen molar-refractivity contribution in [3.05, 3.63) is 29.3 Å². The molecule has 0 aliphatic rings. The Morgan fingerprint density at radius 2 is 2.14 bits per heavy atom. The largest absolute Gasteiger partial charge is 0.496 e. The predicted octanol–water partition coefficient (Wildman–Crippen LogP) is 0.152. The molecule has 0 aliphatic carbocycles. The maximum atomic E-state index is 10.7. The number of aldehydes is 1. The molecule has 0 atom stereocenters. The third kappa shape index (κ3) is 2.57. The van der Waals surface area contributed by atoms with Crippen molar-refractivity contribution >= 4 is 6.29 Å². The minimum atomic E-state index is 0.617. The number of quaternary nitrogens is 1. The molecule has 0 saturated carbocycles. The van der Waals surface area contributed by atoms with Gasteiger partial charge >= 0.3 is 0 Å². The molecular weight excluding hydrogens is 178 g/mol. The Bertz CT molecular complexity index is 321. The molecule has 0 spiro atoms. The van der Waals surface area contributed by atoms with E-state index in [1.54, 1.807) is 7.11 Å². The van der Waals surface area contributed by atoms with Crippen molar-refractivity contribution in [3.8, 4) is 5.75 Å². The molecule has 3 heteroatoms. The molecule has 0 bridgehead atoms. The summed E-state index contributed by atoms with van der Waals surface area (Å²) in [6.45, 7) is 0.908. The third-order valence-electron chi connectivity index (χ3n) is 1.98. The lowest BCUT2D eigenvalue weighted by molar-refractivity contribution is -0.872. The Labute approximate surface area is 84.3 Å². The number of methoxy groups -OCH3 is 1. The van der Waals surface area contributed by atoms with Crippen molar-refractivity contribution in [2.75, 3.05) is 21.2 Å². The van der Waals surface area contributed by atoms with E-state index in [0.29, 0.717) is 11.3 Å². The van der Waals surface area contributed by atoms with Gasteiger partial charge in [0.2, 0.25) is 0 Å². The molecule has 14 heavy (non-hydrogen) atoms. The second kappa shape index (κ2) is 4.77. The molecule has 1 rings (SSSR count). The number of carbonyl (C=O) groups excluding carboxylic acids is 1. The van der Waals surface area contributed by atoms with Crippen molar-refractivity contribution < 1.29 is 14.4 Å². The van der Waals surface area contributed by atoms with Gasteiger partial charge < -0.3 is 9.64 Å². The molecule has 3 nitrogen and oxygen atoms in total. The molecule has 1 aromatic carbocycles. The van der Waals surface area contributed by atoms with Gasteiger partial charge in [-0.2, -0.15) is 0 Å². The SMILES string of the molecule is COc1ccc(C[NH+](C)C)cc1C=O. The van der Waals surface area contributed by atoms with Crippen LogP contribution in [0.1, 0.15) is 15.9 Å². The van der Waals surface area contributed by atoms with Gasteiger partial charge in [-0.15, -0.1) is 0 Å². The highest BCUT2D eigenvalue weighted by atomic mass is 16.5. The normalized spacial score (nSPS) is 10.3. The number of nitrogens with one attached hydrogen (secondary N) is 1. The minimum Gasteiger partial charge on any atom is -0.496 e. The molecule has 1 aromatic rings. The fourth-order valence-electron chi connectivity index (χ4n) is 1.39. The molecular formula is C11H16NO2+. The molecule has 0 heterocycles. The number of hydrogen-bond acceptors (Lipinski definition) is 2. The molecule has 0 amide bonds. The van der Waals surface area contributed by atoms with Crippen LogP contribution in [0.5, 0.6) is 5.75 Å². The van der Waals surface area contributed by atoms with Gasteiger partial charge in [0.05, 0.1) is 26.8 Å². The molecule has 0 radical (unpaired) electrons. The van der Waals surface area contributed by atoms with Crippen molar-refractivity contribution in [1.82, 2.24) is 0 Å². The predicted molar refractivity (Wildman–Crippen MR) is 54.9 cm³/mol. The highest BCUT2D eigenvalue weighted by Gasteiger charge is 2.04. The molecule has 1 N–H and O–H groups in total. The van der Waals surface area contributed by atoms with E-state index in [1.165, 1.54) is 4.90 Å². The molecule has 0 saturated heterocycles. The summed E-state index contributed by atoms with van der Waals surface area (Å²) in [5, 5.41) is 0. The number of rotatable bonds is 4. The fraction of sp³-hybridized carbons (Fsp3) is 0.364. The summed E-state index contributed by atoms with van der Waals surface area (Å²) in [5.74, 6) is 0.637. The molecule has 0 aromatic heterocycles. The smallest absolute Gasteiger partial charge is 0.153 e. The first-order valence-corrected chi connectivity index (χ1v) is 4.58. The molecule has 0 fully saturated rings. The Hall–Kier alpha value is -1.35. The summed E-state index contributed by atoms with van der Waals surface area (Å²) in [4.78, 5) is 12.1. The first kappa shape index (κ1) is 10.7. The quantitative estimate of drug-likeness (QED) is 0.692. The van der Waals surface area contributed by atoms with Crippen molar-refractivity contribution in [3.63, 3.8) is 0 Å². The number of benzene rings is 1. The van der Waals surface area contributed by atoms with Gasteiger partial charge in [-0.05, 0) is 18.2 Å². The number of hydrogen-bond donors (Lipinski definition) is 1. The first-order chi connectivity index (χ1) is 6.67. The van der Waals surface area contributed by atoms with E-state index in [0.717, 1.165) is 18.4 Å². The van der Waals surface area contributed by atoms with E-state index in [9.17, 15) is 4.79 Å². The Balaban J connectivity index is 2.95. The Morgan fingerprint density at radius 1 is 1.43 bits per heavy atom.